The fourth-order valence-electron chi connectivity index (χ4n) is 2.24. The molecule has 0 aromatic carbocycles. The molecule has 100 valence electrons. The Morgan fingerprint density at radius 3 is 2.63 bits per heavy atom. The fourth-order valence-corrected chi connectivity index (χ4v) is 2.24. The minimum Gasteiger partial charge on any atom is -0.314 e. The number of nitrogens with zero attached hydrogens (tertiary/aromatic N) is 2. The average molecular weight is 255 g/mol. The maximum atomic E-state index is 4.38. The largest absolute Gasteiger partial charge is 0.314 e. The third-order valence-electron chi connectivity index (χ3n) is 3.20. The van der Waals surface area contributed by atoms with Crippen molar-refractivity contribution >= 4 is 0 Å². The molecule has 1 unspecified atom stereocenters. The quantitative estimate of drug-likeness (QED) is 0.826. The highest BCUT2D eigenvalue weighted by Gasteiger charge is 2.08. The molecule has 1 N–H and O–H groups in total. The molecule has 0 amide bonds. The van der Waals surface area contributed by atoms with Crippen LogP contribution >= 0.6 is 0 Å². The molecule has 3 heteroatoms. The first-order valence-corrected chi connectivity index (χ1v) is 6.90. The monoisotopic (exact) mass is 255 g/mol. The zero-order valence-corrected chi connectivity index (χ0v) is 11.4. The van der Waals surface area contributed by atoms with E-state index in [0.717, 1.165) is 25.8 Å². The second-order valence-corrected chi connectivity index (χ2v) is 4.67. The molecule has 2 heterocycles. The van der Waals surface area contributed by atoms with Crippen LogP contribution < -0.4 is 5.32 Å². The summed E-state index contributed by atoms with van der Waals surface area (Å²) in [5, 5.41) is 3.55. The summed E-state index contributed by atoms with van der Waals surface area (Å²) in [7, 11) is 0. The lowest BCUT2D eigenvalue weighted by atomic mass is 10.0. The van der Waals surface area contributed by atoms with E-state index in [1.165, 1.54) is 11.3 Å². The normalized spacial score (nSPS) is 12.3. The van der Waals surface area contributed by atoms with Gasteiger partial charge in [0.25, 0.3) is 0 Å². The Kier molecular flexibility index (Phi) is 5.50. The predicted octanol–water partition coefficient (Wildman–Crippen LogP) is 2.63. The molecular formula is C16H21N3. The molecule has 0 saturated heterocycles. The molecule has 2 rings (SSSR count). The number of rotatable bonds is 7. The highest BCUT2D eigenvalue weighted by Crippen LogP contribution is 2.08. The highest BCUT2D eigenvalue weighted by atomic mass is 14.9. The first-order valence-electron chi connectivity index (χ1n) is 6.90. The predicted molar refractivity (Wildman–Crippen MR) is 78.0 cm³/mol. The van der Waals surface area contributed by atoms with E-state index in [0.29, 0.717) is 6.04 Å². The second kappa shape index (κ2) is 7.64. The van der Waals surface area contributed by atoms with E-state index in [9.17, 15) is 0 Å². The molecule has 0 spiro atoms. The van der Waals surface area contributed by atoms with Crippen molar-refractivity contribution in [2.75, 3.05) is 6.54 Å². The standard InChI is InChI=1S/C16H21N3/c1-2-18-16(13-14-8-11-17-12-9-14)7-6-15-5-3-4-10-19-15/h3-5,8-12,16,18H,2,6-7,13H2,1H3. The van der Waals surface area contributed by atoms with Crippen LogP contribution in [0.5, 0.6) is 0 Å². The van der Waals surface area contributed by atoms with Crippen molar-refractivity contribution in [2.24, 2.45) is 0 Å². The lowest BCUT2D eigenvalue weighted by Gasteiger charge is -2.17. The highest BCUT2D eigenvalue weighted by molar-refractivity contribution is 5.12. The van der Waals surface area contributed by atoms with Crippen molar-refractivity contribution in [3.8, 4) is 0 Å². The first kappa shape index (κ1) is 13.7. The molecule has 2 aromatic rings. The van der Waals surface area contributed by atoms with Crippen LogP contribution in [0.15, 0.2) is 48.9 Å². The molecule has 0 radical (unpaired) electrons. The van der Waals surface area contributed by atoms with E-state index >= 15 is 0 Å². The number of pyridine rings is 2. The Labute approximate surface area is 115 Å². The molecule has 0 aliphatic carbocycles. The van der Waals surface area contributed by atoms with Crippen molar-refractivity contribution in [1.82, 2.24) is 15.3 Å². The van der Waals surface area contributed by atoms with Gasteiger partial charge < -0.3 is 5.32 Å². The van der Waals surface area contributed by atoms with Crippen LogP contribution in [0.1, 0.15) is 24.6 Å². The molecule has 1 atom stereocenters. The van der Waals surface area contributed by atoms with Gasteiger partial charge in [0.1, 0.15) is 0 Å². The Morgan fingerprint density at radius 1 is 1.11 bits per heavy atom. The molecule has 2 aromatic heterocycles. The van der Waals surface area contributed by atoms with Gasteiger partial charge in [-0.05, 0) is 55.6 Å². The average Bonchev–Trinajstić information content (AvgIpc) is 2.47. The van der Waals surface area contributed by atoms with E-state index in [4.69, 9.17) is 0 Å². The summed E-state index contributed by atoms with van der Waals surface area (Å²) in [6.45, 7) is 3.15. The van der Waals surface area contributed by atoms with Gasteiger partial charge in [0.15, 0.2) is 0 Å². The van der Waals surface area contributed by atoms with E-state index in [-0.39, 0.29) is 0 Å². The van der Waals surface area contributed by atoms with Crippen molar-refractivity contribution in [3.63, 3.8) is 0 Å². The third-order valence-corrected chi connectivity index (χ3v) is 3.20. The smallest absolute Gasteiger partial charge is 0.0404 e. The molecule has 0 bridgehead atoms. The Morgan fingerprint density at radius 2 is 1.95 bits per heavy atom. The van der Waals surface area contributed by atoms with E-state index in [1.807, 2.05) is 30.7 Å². The maximum Gasteiger partial charge on any atom is 0.0404 e. The van der Waals surface area contributed by atoms with Crippen LogP contribution in [0.3, 0.4) is 0 Å². The lowest BCUT2D eigenvalue weighted by molar-refractivity contribution is 0.489. The number of likely N-dealkylation sites (N-methyl/N-ethyl adjacent to an activating group) is 1. The van der Waals surface area contributed by atoms with E-state index < -0.39 is 0 Å². The Balaban J connectivity index is 1.89. The minimum atomic E-state index is 0.495. The number of hydrogen-bond acceptors (Lipinski definition) is 3. The second-order valence-electron chi connectivity index (χ2n) is 4.67. The zero-order valence-electron chi connectivity index (χ0n) is 11.4. The SMILES string of the molecule is CCNC(CCc1ccccn1)Cc1ccncc1. The maximum absolute atomic E-state index is 4.38. The number of aromatic nitrogens is 2. The topological polar surface area (TPSA) is 37.8 Å². The van der Waals surface area contributed by atoms with Gasteiger partial charge in [-0.3, -0.25) is 9.97 Å². The Hall–Kier alpha value is -1.74. The number of aryl methyl sites for hydroxylation is 1. The molecule has 0 aliphatic rings. The molecule has 0 saturated carbocycles. The van der Waals surface area contributed by atoms with Crippen LogP contribution in [0.25, 0.3) is 0 Å². The van der Waals surface area contributed by atoms with Crippen molar-refractivity contribution in [2.45, 2.75) is 32.2 Å². The summed E-state index contributed by atoms with van der Waals surface area (Å²) in [6, 6.07) is 10.8. The minimum absolute atomic E-state index is 0.495. The van der Waals surface area contributed by atoms with Crippen LogP contribution in [0.4, 0.5) is 0 Å². The molecule has 19 heavy (non-hydrogen) atoms. The van der Waals surface area contributed by atoms with Crippen LogP contribution in [-0.2, 0) is 12.8 Å². The number of nitrogens with one attached hydrogen (secondary N) is 1. The van der Waals surface area contributed by atoms with Crippen molar-refractivity contribution in [1.29, 1.82) is 0 Å². The van der Waals surface area contributed by atoms with Crippen LogP contribution in [0.2, 0.25) is 0 Å². The van der Waals surface area contributed by atoms with Crippen molar-refractivity contribution in [3.05, 3.63) is 60.2 Å². The molecule has 0 fully saturated rings. The van der Waals surface area contributed by atoms with Gasteiger partial charge in [0.05, 0.1) is 0 Å². The van der Waals surface area contributed by atoms with Gasteiger partial charge in [-0.25, -0.2) is 0 Å². The summed E-state index contributed by atoms with van der Waals surface area (Å²) < 4.78 is 0. The van der Waals surface area contributed by atoms with Gasteiger partial charge in [0.2, 0.25) is 0 Å². The molecular weight excluding hydrogens is 234 g/mol. The van der Waals surface area contributed by atoms with Gasteiger partial charge in [0, 0.05) is 30.3 Å². The summed E-state index contributed by atoms with van der Waals surface area (Å²) in [5.74, 6) is 0. The molecule has 0 aliphatic heterocycles. The third kappa shape index (κ3) is 4.79. The summed E-state index contributed by atoms with van der Waals surface area (Å²) in [6.07, 6.45) is 8.74. The number of hydrogen-bond donors (Lipinski definition) is 1. The van der Waals surface area contributed by atoms with Crippen molar-refractivity contribution < 1.29 is 0 Å². The van der Waals surface area contributed by atoms with Gasteiger partial charge in [-0.1, -0.05) is 13.0 Å². The van der Waals surface area contributed by atoms with Gasteiger partial charge in [-0.15, -0.1) is 0 Å². The lowest BCUT2D eigenvalue weighted by Crippen LogP contribution is -2.31. The Bertz CT molecular complexity index is 456. The van der Waals surface area contributed by atoms with Crippen LogP contribution in [-0.4, -0.2) is 22.6 Å². The van der Waals surface area contributed by atoms with Gasteiger partial charge in [-0.2, -0.15) is 0 Å². The summed E-state index contributed by atoms with van der Waals surface area (Å²) in [4.78, 5) is 8.44. The van der Waals surface area contributed by atoms with Gasteiger partial charge >= 0.3 is 0 Å². The molecule has 3 nitrogen and oxygen atoms in total. The first-order chi connectivity index (χ1) is 9.38. The van der Waals surface area contributed by atoms with E-state index in [2.05, 4.69) is 40.4 Å². The summed E-state index contributed by atoms with van der Waals surface area (Å²) in [5.41, 5.74) is 2.50. The summed E-state index contributed by atoms with van der Waals surface area (Å²) >= 11 is 0. The zero-order chi connectivity index (χ0) is 13.3. The van der Waals surface area contributed by atoms with E-state index in [1.54, 1.807) is 0 Å². The van der Waals surface area contributed by atoms with Crippen LogP contribution in [0, 0.1) is 0 Å². The fraction of sp³-hybridized carbons (Fsp3) is 0.375.